The monoisotopic (exact) mass is 217 g/mol. The van der Waals surface area contributed by atoms with Crippen molar-refractivity contribution in [3.8, 4) is 0 Å². The van der Waals surface area contributed by atoms with Crippen molar-refractivity contribution < 1.29 is 14.9 Å². The highest BCUT2D eigenvalue weighted by Crippen LogP contribution is 2.24. The molecule has 3 N–H and O–H groups in total. The van der Waals surface area contributed by atoms with Gasteiger partial charge in [-0.3, -0.25) is 0 Å². The van der Waals surface area contributed by atoms with Crippen LogP contribution in [0.2, 0.25) is 0 Å². The normalized spacial score (nSPS) is 34.6. The number of β-amino-alcohol motifs (C(OH)–C–C–N with tert-alkyl or cyclic N) is 1. The summed E-state index contributed by atoms with van der Waals surface area (Å²) >= 11 is 0. The number of ether oxygens (including phenoxy) is 1. The summed E-state index contributed by atoms with van der Waals surface area (Å²) < 4.78 is 5.78. The number of hydrogen-bond acceptors (Lipinski definition) is 4. The zero-order chi connectivity index (χ0) is 11.5. The van der Waals surface area contributed by atoms with Crippen molar-refractivity contribution in [1.29, 1.82) is 0 Å². The van der Waals surface area contributed by atoms with Crippen LogP contribution in [0.1, 0.15) is 33.6 Å². The molecule has 0 amide bonds. The Kier molecular flexibility index (Phi) is 4.12. The molecule has 0 aromatic heterocycles. The van der Waals surface area contributed by atoms with Gasteiger partial charge in [-0.15, -0.1) is 0 Å². The van der Waals surface area contributed by atoms with E-state index in [9.17, 15) is 5.11 Å². The molecule has 1 rings (SSSR count). The van der Waals surface area contributed by atoms with E-state index >= 15 is 0 Å². The lowest BCUT2D eigenvalue weighted by atomic mass is 9.88. The maximum atomic E-state index is 9.78. The lowest BCUT2D eigenvalue weighted by molar-refractivity contribution is -0.117. The van der Waals surface area contributed by atoms with E-state index in [0.29, 0.717) is 19.6 Å². The minimum absolute atomic E-state index is 0.0158. The van der Waals surface area contributed by atoms with Gasteiger partial charge in [0.1, 0.15) is 0 Å². The SMILES string of the molecule is CCC(C)(CCO)OCC1NCC1(C)O. The molecule has 1 aliphatic rings. The van der Waals surface area contributed by atoms with E-state index in [1.165, 1.54) is 0 Å². The van der Waals surface area contributed by atoms with Crippen LogP contribution in [0.25, 0.3) is 0 Å². The van der Waals surface area contributed by atoms with Crippen molar-refractivity contribution in [1.82, 2.24) is 5.32 Å². The molecule has 1 saturated heterocycles. The summed E-state index contributed by atoms with van der Waals surface area (Å²) in [6.07, 6.45) is 1.50. The molecule has 15 heavy (non-hydrogen) atoms. The first kappa shape index (κ1) is 12.9. The van der Waals surface area contributed by atoms with Crippen molar-refractivity contribution in [3.05, 3.63) is 0 Å². The van der Waals surface area contributed by atoms with Gasteiger partial charge in [-0.25, -0.2) is 0 Å². The van der Waals surface area contributed by atoms with Crippen LogP contribution >= 0.6 is 0 Å². The van der Waals surface area contributed by atoms with Gasteiger partial charge in [0.05, 0.1) is 23.9 Å². The van der Waals surface area contributed by atoms with E-state index in [1.807, 2.05) is 20.8 Å². The minimum Gasteiger partial charge on any atom is -0.396 e. The number of aliphatic hydroxyl groups is 2. The second-order valence-corrected chi connectivity index (χ2v) is 4.88. The number of nitrogens with one attached hydrogen (secondary N) is 1. The third kappa shape index (κ3) is 3.14. The van der Waals surface area contributed by atoms with Crippen molar-refractivity contribution in [2.24, 2.45) is 0 Å². The standard InChI is InChI=1S/C11H23NO3/c1-4-10(2,5-6-13)15-7-9-11(3,14)8-12-9/h9,12-14H,4-8H2,1-3H3. The van der Waals surface area contributed by atoms with Gasteiger partial charge >= 0.3 is 0 Å². The fourth-order valence-corrected chi connectivity index (χ4v) is 1.65. The molecule has 90 valence electrons. The van der Waals surface area contributed by atoms with E-state index in [2.05, 4.69) is 5.32 Å². The molecule has 4 nitrogen and oxygen atoms in total. The Morgan fingerprint density at radius 1 is 1.60 bits per heavy atom. The molecule has 3 unspecified atom stereocenters. The molecule has 4 heteroatoms. The third-order valence-corrected chi connectivity index (χ3v) is 3.44. The number of hydrogen-bond donors (Lipinski definition) is 3. The maximum absolute atomic E-state index is 9.78. The molecule has 0 aliphatic carbocycles. The first-order valence-electron chi connectivity index (χ1n) is 5.64. The first-order chi connectivity index (χ1) is 6.93. The van der Waals surface area contributed by atoms with E-state index in [0.717, 1.165) is 6.42 Å². The minimum atomic E-state index is -0.645. The van der Waals surface area contributed by atoms with Crippen LogP contribution in [0.15, 0.2) is 0 Å². The Hall–Kier alpha value is -0.160. The zero-order valence-electron chi connectivity index (χ0n) is 9.92. The molecule has 0 radical (unpaired) electrons. The second kappa shape index (κ2) is 4.78. The molecule has 3 atom stereocenters. The van der Waals surface area contributed by atoms with Gasteiger partial charge in [0.25, 0.3) is 0 Å². The summed E-state index contributed by atoms with van der Waals surface area (Å²) in [6, 6.07) is 0.0158. The fraction of sp³-hybridized carbons (Fsp3) is 1.00. The summed E-state index contributed by atoms with van der Waals surface area (Å²) in [5, 5.41) is 21.8. The van der Waals surface area contributed by atoms with Gasteiger partial charge < -0.3 is 20.3 Å². The van der Waals surface area contributed by atoms with Crippen LogP contribution in [0.4, 0.5) is 0 Å². The lowest BCUT2D eigenvalue weighted by Gasteiger charge is -2.45. The number of rotatable bonds is 6. The highest BCUT2D eigenvalue weighted by atomic mass is 16.5. The van der Waals surface area contributed by atoms with Crippen molar-refractivity contribution >= 4 is 0 Å². The Morgan fingerprint density at radius 3 is 2.60 bits per heavy atom. The lowest BCUT2D eigenvalue weighted by Crippen LogP contribution is -2.68. The molecule has 0 spiro atoms. The fourth-order valence-electron chi connectivity index (χ4n) is 1.65. The molecule has 0 aromatic rings. The second-order valence-electron chi connectivity index (χ2n) is 4.88. The molecule has 1 heterocycles. The topological polar surface area (TPSA) is 61.7 Å². The molecule has 0 aromatic carbocycles. The average molecular weight is 217 g/mol. The summed E-state index contributed by atoms with van der Waals surface area (Å²) in [5.74, 6) is 0. The van der Waals surface area contributed by atoms with Gasteiger partial charge in [0.15, 0.2) is 0 Å². The highest BCUT2D eigenvalue weighted by Gasteiger charge is 2.41. The smallest absolute Gasteiger partial charge is 0.0918 e. The predicted molar refractivity (Wildman–Crippen MR) is 58.8 cm³/mol. The van der Waals surface area contributed by atoms with Crippen LogP contribution in [-0.4, -0.2) is 47.2 Å². The van der Waals surface area contributed by atoms with Crippen LogP contribution in [-0.2, 0) is 4.74 Å². The van der Waals surface area contributed by atoms with E-state index in [4.69, 9.17) is 9.84 Å². The van der Waals surface area contributed by atoms with Gasteiger partial charge in [0, 0.05) is 13.2 Å². The van der Waals surface area contributed by atoms with Crippen LogP contribution in [0.5, 0.6) is 0 Å². The van der Waals surface area contributed by atoms with Gasteiger partial charge in [-0.2, -0.15) is 0 Å². The van der Waals surface area contributed by atoms with E-state index < -0.39 is 5.60 Å². The van der Waals surface area contributed by atoms with Crippen molar-refractivity contribution in [2.45, 2.75) is 50.9 Å². The van der Waals surface area contributed by atoms with Crippen molar-refractivity contribution in [2.75, 3.05) is 19.8 Å². The van der Waals surface area contributed by atoms with Gasteiger partial charge in [-0.05, 0) is 26.7 Å². The van der Waals surface area contributed by atoms with Crippen LogP contribution in [0, 0.1) is 0 Å². The Balaban J connectivity index is 2.34. The average Bonchev–Trinajstić information content (AvgIpc) is 2.17. The first-order valence-corrected chi connectivity index (χ1v) is 5.64. The van der Waals surface area contributed by atoms with Gasteiger partial charge in [-0.1, -0.05) is 6.92 Å². The van der Waals surface area contributed by atoms with Crippen molar-refractivity contribution in [3.63, 3.8) is 0 Å². The zero-order valence-corrected chi connectivity index (χ0v) is 9.92. The maximum Gasteiger partial charge on any atom is 0.0918 e. The Labute approximate surface area is 91.6 Å². The van der Waals surface area contributed by atoms with E-state index in [-0.39, 0.29) is 18.2 Å². The molecular formula is C11H23NO3. The van der Waals surface area contributed by atoms with Crippen LogP contribution in [0.3, 0.4) is 0 Å². The Morgan fingerprint density at radius 2 is 2.27 bits per heavy atom. The molecule has 0 bridgehead atoms. The molecular weight excluding hydrogens is 194 g/mol. The predicted octanol–water partition coefficient (Wildman–Crippen LogP) is 0.277. The van der Waals surface area contributed by atoms with E-state index in [1.54, 1.807) is 0 Å². The van der Waals surface area contributed by atoms with Gasteiger partial charge in [0.2, 0.25) is 0 Å². The molecule has 0 saturated carbocycles. The molecule has 1 aliphatic heterocycles. The third-order valence-electron chi connectivity index (χ3n) is 3.44. The number of aliphatic hydroxyl groups excluding tert-OH is 1. The summed E-state index contributed by atoms with van der Waals surface area (Å²) in [4.78, 5) is 0. The quantitative estimate of drug-likeness (QED) is 0.598. The summed E-state index contributed by atoms with van der Waals surface area (Å²) in [6.45, 7) is 7.12. The largest absolute Gasteiger partial charge is 0.396 e. The summed E-state index contributed by atoms with van der Waals surface area (Å²) in [7, 11) is 0. The molecule has 1 fully saturated rings. The highest BCUT2D eigenvalue weighted by molar-refractivity contribution is 4.99. The summed E-state index contributed by atoms with van der Waals surface area (Å²) in [5.41, 5.74) is -0.921. The van der Waals surface area contributed by atoms with Crippen LogP contribution < -0.4 is 5.32 Å². The Bertz CT molecular complexity index is 208.